The van der Waals surface area contributed by atoms with Gasteiger partial charge in [-0.2, -0.15) is 0 Å². The highest BCUT2D eigenvalue weighted by Crippen LogP contribution is 2.26. The second kappa shape index (κ2) is 18.3. The van der Waals surface area contributed by atoms with Crippen LogP contribution in [0, 0.1) is 6.92 Å². The fraction of sp³-hybridized carbons (Fsp3) is 0.500. The number of ether oxygens (including phenoxy) is 1. The zero-order valence-corrected chi connectivity index (χ0v) is 25.2. The van der Waals surface area contributed by atoms with E-state index in [9.17, 15) is 4.79 Å². The van der Waals surface area contributed by atoms with Crippen molar-refractivity contribution in [3.63, 3.8) is 0 Å². The lowest BCUT2D eigenvalue weighted by molar-refractivity contribution is -0.693. The highest BCUT2D eigenvalue weighted by Gasteiger charge is 2.20. The van der Waals surface area contributed by atoms with Gasteiger partial charge in [-0.05, 0) is 49.6 Å². The zero-order chi connectivity index (χ0) is 28.4. The van der Waals surface area contributed by atoms with Crippen LogP contribution < -0.4 is 14.2 Å². The molecule has 0 radical (unpaired) electrons. The summed E-state index contributed by atoms with van der Waals surface area (Å²) in [4.78, 5) is 15.5. The molecule has 0 atom stereocenters. The quantitative estimate of drug-likeness (QED) is 0.111. The molecule has 0 aliphatic heterocycles. The third-order valence-corrected chi connectivity index (χ3v) is 7.80. The first kappa shape index (κ1) is 31.4. The summed E-state index contributed by atoms with van der Waals surface area (Å²) in [5.41, 5.74) is 3.78. The van der Waals surface area contributed by atoms with Crippen molar-refractivity contribution >= 4 is 11.6 Å². The van der Waals surface area contributed by atoms with Gasteiger partial charge in [0, 0.05) is 17.8 Å². The van der Waals surface area contributed by atoms with Crippen LogP contribution in [0.2, 0.25) is 0 Å². The van der Waals surface area contributed by atoms with Crippen LogP contribution >= 0.6 is 0 Å². The van der Waals surface area contributed by atoms with Crippen molar-refractivity contribution in [2.45, 2.75) is 111 Å². The minimum atomic E-state index is -0.00309. The molecule has 4 heteroatoms. The fourth-order valence-corrected chi connectivity index (χ4v) is 5.14. The lowest BCUT2D eigenvalue weighted by Gasteiger charge is -2.24. The number of amides is 1. The van der Waals surface area contributed by atoms with E-state index in [4.69, 9.17) is 4.74 Å². The van der Waals surface area contributed by atoms with Gasteiger partial charge in [0.1, 0.15) is 12.3 Å². The molecule has 0 aliphatic rings. The van der Waals surface area contributed by atoms with Crippen LogP contribution in [0.15, 0.2) is 73.1 Å². The molecule has 0 fully saturated rings. The molecule has 1 aromatic heterocycles. The number of anilines is 1. The van der Waals surface area contributed by atoms with Crippen molar-refractivity contribution in [3.05, 3.63) is 89.7 Å². The van der Waals surface area contributed by atoms with Gasteiger partial charge in [0.15, 0.2) is 12.4 Å². The van der Waals surface area contributed by atoms with Crippen LogP contribution in [0.4, 0.5) is 5.69 Å². The summed E-state index contributed by atoms with van der Waals surface area (Å²) in [6, 6.07) is 19.9. The minimum absolute atomic E-state index is 0.00309. The van der Waals surface area contributed by atoms with Crippen molar-refractivity contribution in [1.82, 2.24) is 0 Å². The van der Waals surface area contributed by atoms with E-state index >= 15 is 0 Å². The molecule has 3 rings (SSSR count). The van der Waals surface area contributed by atoms with E-state index in [-0.39, 0.29) is 5.91 Å². The maximum absolute atomic E-state index is 13.6. The van der Waals surface area contributed by atoms with E-state index in [1.54, 1.807) is 0 Å². The summed E-state index contributed by atoms with van der Waals surface area (Å²) < 4.78 is 8.28. The number of hydrogen-bond donors (Lipinski definition) is 0. The second-order valence-corrected chi connectivity index (χ2v) is 10.9. The molecule has 216 valence electrons. The van der Waals surface area contributed by atoms with Crippen molar-refractivity contribution in [2.24, 2.45) is 0 Å². The Hall–Kier alpha value is -3.14. The lowest BCUT2D eigenvalue weighted by atomic mass is 10.1. The van der Waals surface area contributed by atoms with Crippen LogP contribution in [0.1, 0.15) is 112 Å². The van der Waals surface area contributed by atoms with Crippen LogP contribution in [-0.2, 0) is 13.1 Å². The molecule has 0 bridgehead atoms. The van der Waals surface area contributed by atoms with Crippen LogP contribution in [0.5, 0.6) is 5.75 Å². The lowest BCUT2D eigenvalue weighted by Crippen LogP contribution is -2.34. The summed E-state index contributed by atoms with van der Waals surface area (Å²) in [6.45, 7) is 8.59. The largest absolute Gasteiger partial charge is 0.493 e. The number of carbonyl (C=O) groups excluding carboxylic acids is 1. The summed E-state index contributed by atoms with van der Waals surface area (Å²) in [5, 5.41) is 0. The van der Waals surface area contributed by atoms with E-state index in [0.717, 1.165) is 42.1 Å². The van der Waals surface area contributed by atoms with E-state index in [1.165, 1.54) is 70.6 Å². The molecule has 1 amide bonds. The average molecular weight is 544 g/mol. The number of nitrogens with zero attached hydrogens (tertiary/aromatic N) is 2. The Kier molecular flexibility index (Phi) is 14.3. The topological polar surface area (TPSA) is 33.4 Å². The standard InChI is InChI=1S/C36H51N2O2/c1-4-6-7-8-9-10-11-12-13-14-15-19-29-40-35-24-20-21-33(31(35)3)30-38(34-22-17-16-18-23-34)36(39)32-25-27-37(5-2)28-26-32/h16-18,20-28H,4-15,19,29-30H2,1-3H3/q+1. The van der Waals surface area contributed by atoms with Gasteiger partial charge in [0.25, 0.3) is 5.91 Å². The zero-order valence-electron chi connectivity index (χ0n) is 25.2. The maximum Gasteiger partial charge on any atom is 0.259 e. The predicted octanol–water partition coefficient (Wildman–Crippen LogP) is 9.23. The Balaban J connectivity index is 1.49. The molecular formula is C36H51N2O2+. The van der Waals surface area contributed by atoms with Crippen LogP contribution in [0.25, 0.3) is 0 Å². The Morgan fingerprint density at radius 3 is 1.93 bits per heavy atom. The molecular weight excluding hydrogens is 492 g/mol. The molecule has 0 N–H and O–H groups in total. The monoisotopic (exact) mass is 543 g/mol. The van der Waals surface area contributed by atoms with Crippen molar-refractivity contribution in [3.8, 4) is 5.75 Å². The first-order valence-electron chi connectivity index (χ1n) is 15.7. The smallest absolute Gasteiger partial charge is 0.259 e. The molecule has 0 spiro atoms. The average Bonchev–Trinajstić information content (AvgIpc) is 2.99. The normalized spacial score (nSPS) is 11.0. The van der Waals surface area contributed by atoms with Gasteiger partial charge in [-0.1, -0.05) is 108 Å². The van der Waals surface area contributed by atoms with Crippen molar-refractivity contribution in [1.29, 1.82) is 0 Å². The number of pyridine rings is 1. The van der Waals surface area contributed by atoms with Gasteiger partial charge < -0.3 is 9.64 Å². The molecule has 0 aliphatic carbocycles. The Labute approximate surface area is 243 Å². The van der Waals surface area contributed by atoms with Gasteiger partial charge in [-0.15, -0.1) is 0 Å². The number of hydrogen-bond acceptors (Lipinski definition) is 2. The first-order chi connectivity index (χ1) is 19.6. The number of carbonyl (C=O) groups is 1. The summed E-state index contributed by atoms with van der Waals surface area (Å²) in [6.07, 6.45) is 20.0. The van der Waals surface area contributed by atoms with Crippen LogP contribution in [-0.4, -0.2) is 12.5 Å². The summed E-state index contributed by atoms with van der Waals surface area (Å²) in [7, 11) is 0. The van der Waals surface area contributed by atoms with Gasteiger partial charge >= 0.3 is 0 Å². The van der Waals surface area contributed by atoms with Gasteiger partial charge in [-0.25, -0.2) is 4.57 Å². The van der Waals surface area contributed by atoms with E-state index in [1.807, 2.05) is 65.8 Å². The van der Waals surface area contributed by atoms with E-state index in [2.05, 4.69) is 37.5 Å². The number of rotatable bonds is 19. The van der Waals surface area contributed by atoms with Gasteiger partial charge in [0.2, 0.25) is 0 Å². The molecule has 1 heterocycles. The Bertz CT molecular complexity index is 1110. The SMILES string of the molecule is CCCCCCCCCCCCCCOc1cccc(CN(C(=O)c2cc[n+](CC)cc2)c2ccccc2)c1C. The third-order valence-electron chi connectivity index (χ3n) is 7.80. The molecule has 3 aromatic rings. The minimum Gasteiger partial charge on any atom is -0.493 e. The van der Waals surface area contributed by atoms with Gasteiger partial charge in [-0.3, -0.25) is 4.79 Å². The Morgan fingerprint density at radius 1 is 0.725 bits per heavy atom. The number of aryl methyl sites for hydroxylation is 1. The fourth-order valence-electron chi connectivity index (χ4n) is 5.14. The number of unbranched alkanes of at least 4 members (excludes halogenated alkanes) is 11. The predicted molar refractivity (Wildman–Crippen MR) is 167 cm³/mol. The van der Waals surface area contributed by atoms with E-state index < -0.39 is 0 Å². The summed E-state index contributed by atoms with van der Waals surface area (Å²) in [5.74, 6) is 0.918. The number of benzene rings is 2. The first-order valence-corrected chi connectivity index (χ1v) is 15.7. The maximum atomic E-state index is 13.6. The molecule has 0 saturated heterocycles. The molecule has 40 heavy (non-hydrogen) atoms. The van der Waals surface area contributed by atoms with Crippen molar-refractivity contribution < 1.29 is 14.1 Å². The van der Waals surface area contributed by atoms with Crippen LogP contribution in [0.3, 0.4) is 0 Å². The highest BCUT2D eigenvalue weighted by atomic mass is 16.5. The van der Waals surface area contributed by atoms with E-state index in [0.29, 0.717) is 12.1 Å². The molecule has 2 aromatic carbocycles. The van der Waals surface area contributed by atoms with Gasteiger partial charge in [0.05, 0.1) is 18.7 Å². The molecule has 0 unspecified atom stereocenters. The third kappa shape index (κ3) is 10.4. The number of para-hydroxylation sites is 1. The summed E-state index contributed by atoms with van der Waals surface area (Å²) >= 11 is 0. The second-order valence-electron chi connectivity index (χ2n) is 10.9. The molecule has 0 saturated carbocycles. The highest BCUT2D eigenvalue weighted by molar-refractivity contribution is 6.05. The number of aromatic nitrogens is 1. The van der Waals surface area contributed by atoms with Crippen molar-refractivity contribution in [2.75, 3.05) is 11.5 Å². The molecule has 4 nitrogen and oxygen atoms in total. The Morgan fingerprint density at radius 2 is 1.32 bits per heavy atom.